The first-order valence-electron chi connectivity index (χ1n) is 10.0. The number of carbonyl (C=O) groups is 2. The van der Waals surface area contributed by atoms with Gasteiger partial charge in [-0.05, 0) is 55.0 Å². The molecular formula is C23H22Cl2N4O2. The van der Waals surface area contributed by atoms with Crippen molar-refractivity contribution in [3.63, 3.8) is 0 Å². The van der Waals surface area contributed by atoms with Crippen molar-refractivity contribution in [1.82, 2.24) is 15.1 Å². The van der Waals surface area contributed by atoms with Gasteiger partial charge in [-0.3, -0.25) is 9.59 Å². The number of ketones is 1. The summed E-state index contributed by atoms with van der Waals surface area (Å²) < 4.78 is 1.49. The minimum absolute atomic E-state index is 0.118. The molecule has 3 aromatic rings. The maximum absolute atomic E-state index is 12.7. The number of amides is 1. The van der Waals surface area contributed by atoms with Gasteiger partial charge in [0.2, 0.25) is 0 Å². The van der Waals surface area contributed by atoms with E-state index in [2.05, 4.69) is 10.4 Å². The van der Waals surface area contributed by atoms with E-state index in [4.69, 9.17) is 28.9 Å². The van der Waals surface area contributed by atoms with Gasteiger partial charge in [-0.2, -0.15) is 5.10 Å². The van der Waals surface area contributed by atoms with Crippen molar-refractivity contribution >= 4 is 40.7 Å². The number of nitrogens with two attached hydrogens (primary N) is 1. The smallest absolute Gasteiger partial charge is 0.256 e. The van der Waals surface area contributed by atoms with Gasteiger partial charge in [0.25, 0.3) is 5.91 Å². The number of rotatable bonds is 7. The van der Waals surface area contributed by atoms with Crippen LogP contribution in [0, 0.1) is 12.8 Å². The number of benzene rings is 2. The molecule has 2 aromatic carbocycles. The Balaban J connectivity index is 1.53. The fourth-order valence-corrected chi connectivity index (χ4v) is 3.85. The van der Waals surface area contributed by atoms with Crippen molar-refractivity contribution in [2.45, 2.75) is 32.7 Å². The van der Waals surface area contributed by atoms with E-state index in [0.29, 0.717) is 33.6 Å². The summed E-state index contributed by atoms with van der Waals surface area (Å²) in [5.74, 6) is 0.465. The zero-order valence-corrected chi connectivity index (χ0v) is 18.5. The molecule has 0 radical (unpaired) electrons. The maximum atomic E-state index is 12.7. The molecule has 4 rings (SSSR count). The highest BCUT2D eigenvalue weighted by molar-refractivity contribution is 6.35. The normalized spacial score (nSPS) is 13.3. The van der Waals surface area contributed by atoms with Gasteiger partial charge in [0.1, 0.15) is 11.4 Å². The summed E-state index contributed by atoms with van der Waals surface area (Å²) in [6.07, 6.45) is 4.23. The van der Waals surface area contributed by atoms with Crippen LogP contribution in [-0.2, 0) is 6.54 Å². The van der Waals surface area contributed by atoms with Gasteiger partial charge >= 0.3 is 0 Å². The van der Waals surface area contributed by atoms with Crippen LogP contribution >= 0.6 is 23.2 Å². The molecule has 0 atom stereocenters. The molecular weight excluding hydrogens is 435 g/mol. The summed E-state index contributed by atoms with van der Waals surface area (Å²) >= 11 is 12.1. The Hall–Kier alpha value is -2.83. The molecule has 8 heteroatoms. The Morgan fingerprint density at radius 3 is 2.68 bits per heavy atom. The van der Waals surface area contributed by atoms with E-state index in [1.54, 1.807) is 24.3 Å². The SMILES string of the molecule is Cc1ccc(C(=O)CC2CC2)cc1-n1ncc(C(=O)NCc2ccc(Cl)cc2Cl)c1N. The number of nitrogens with zero attached hydrogens (tertiary/aromatic N) is 2. The zero-order valence-electron chi connectivity index (χ0n) is 17.0. The molecule has 1 aromatic heterocycles. The molecule has 1 heterocycles. The van der Waals surface area contributed by atoms with Crippen molar-refractivity contribution in [2.75, 3.05) is 5.73 Å². The highest BCUT2D eigenvalue weighted by Crippen LogP contribution is 2.34. The lowest BCUT2D eigenvalue weighted by Crippen LogP contribution is -2.23. The number of anilines is 1. The van der Waals surface area contributed by atoms with Crippen LogP contribution in [0.3, 0.4) is 0 Å². The van der Waals surface area contributed by atoms with Gasteiger partial charge in [0.05, 0.1) is 11.9 Å². The third kappa shape index (κ3) is 4.75. The third-order valence-corrected chi connectivity index (χ3v) is 6.02. The minimum atomic E-state index is -0.367. The van der Waals surface area contributed by atoms with Crippen LogP contribution in [0.4, 0.5) is 5.82 Å². The molecule has 6 nitrogen and oxygen atoms in total. The first-order valence-corrected chi connectivity index (χ1v) is 10.8. The van der Waals surface area contributed by atoms with Crippen molar-refractivity contribution in [3.05, 3.63) is 74.9 Å². The second-order valence-corrected chi connectivity index (χ2v) is 8.69. The van der Waals surface area contributed by atoms with Crippen LogP contribution in [0.1, 0.15) is 51.1 Å². The van der Waals surface area contributed by atoms with Crippen LogP contribution in [0.5, 0.6) is 0 Å². The van der Waals surface area contributed by atoms with E-state index in [0.717, 1.165) is 24.0 Å². The highest BCUT2D eigenvalue weighted by atomic mass is 35.5. The number of halogens is 2. The van der Waals surface area contributed by atoms with E-state index in [1.807, 2.05) is 19.1 Å². The highest BCUT2D eigenvalue weighted by Gasteiger charge is 2.25. The molecule has 160 valence electrons. The van der Waals surface area contributed by atoms with Crippen molar-refractivity contribution in [1.29, 1.82) is 0 Å². The fourth-order valence-electron chi connectivity index (χ4n) is 3.37. The van der Waals surface area contributed by atoms with Crippen LogP contribution in [-0.4, -0.2) is 21.5 Å². The standard InChI is InChI=1S/C23H22Cl2N4O2/c1-13-2-5-15(21(30)8-14-3-4-14)9-20(13)29-22(26)18(12-28-29)23(31)27-11-16-6-7-17(24)10-19(16)25/h2,5-7,9-10,12,14H,3-4,8,11,26H2,1H3,(H,27,31). The van der Waals surface area contributed by atoms with E-state index in [-0.39, 0.29) is 29.6 Å². The monoisotopic (exact) mass is 456 g/mol. The van der Waals surface area contributed by atoms with E-state index < -0.39 is 0 Å². The van der Waals surface area contributed by atoms with Crippen molar-refractivity contribution in [2.24, 2.45) is 5.92 Å². The number of nitrogen functional groups attached to an aromatic ring is 1. The molecule has 31 heavy (non-hydrogen) atoms. The van der Waals surface area contributed by atoms with Gasteiger partial charge in [-0.25, -0.2) is 4.68 Å². The van der Waals surface area contributed by atoms with Crippen LogP contribution in [0.15, 0.2) is 42.6 Å². The molecule has 0 bridgehead atoms. The Labute approximate surface area is 190 Å². The molecule has 0 spiro atoms. The molecule has 1 aliphatic rings. The second-order valence-electron chi connectivity index (χ2n) is 7.85. The largest absolute Gasteiger partial charge is 0.383 e. The lowest BCUT2D eigenvalue weighted by atomic mass is 10.0. The fraction of sp³-hybridized carbons (Fsp3) is 0.261. The van der Waals surface area contributed by atoms with Crippen LogP contribution < -0.4 is 11.1 Å². The predicted molar refractivity (Wildman–Crippen MR) is 122 cm³/mol. The first-order chi connectivity index (χ1) is 14.8. The summed E-state index contributed by atoms with van der Waals surface area (Å²) in [7, 11) is 0. The van der Waals surface area contributed by atoms with Gasteiger partial charge in [0.15, 0.2) is 5.78 Å². The summed E-state index contributed by atoms with van der Waals surface area (Å²) in [4.78, 5) is 25.2. The topological polar surface area (TPSA) is 90.0 Å². The lowest BCUT2D eigenvalue weighted by molar-refractivity contribution is 0.0949. The number of hydrogen-bond acceptors (Lipinski definition) is 4. The number of Topliss-reactive ketones (excluding diaryl/α,β-unsaturated/α-hetero) is 1. The predicted octanol–water partition coefficient (Wildman–Crippen LogP) is 4.98. The quantitative estimate of drug-likeness (QED) is 0.490. The summed E-state index contributed by atoms with van der Waals surface area (Å²) in [5.41, 5.74) is 9.45. The van der Waals surface area contributed by atoms with Crippen molar-refractivity contribution < 1.29 is 9.59 Å². The first kappa shape index (κ1) is 21.4. The van der Waals surface area contributed by atoms with E-state index in [9.17, 15) is 9.59 Å². The summed E-state index contributed by atoms with van der Waals surface area (Å²) in [5, 5.41) is 8.10. The van der Waals surface area contributed by atoms with Gasteiger partial charge < -0.3 is 11.1 Å². The van der Waals surface area contributed by atoms with E-state index >= 15 is 0 Å². The number of nitrogens with one attached hydrogen (secondary N) is 1. The Kier molecular flexibility index (Phi) is 6.03. The second kappa shape index (κ2) is 8.73. The molecule has 0 aliphatic heterocycles. The van der Waals surface area contributed by atoms with Gasteiger partial charge in [-0.15, -0.1) is 0 Å². The molecule has 0 saturated heterocycles. The average molecular weight is 457 g/mol. The molecule has 3 N–H and O–H groups in total. The molecule has 1 aliphatic carbocycles. The molecule has 1 saturated carbocycles. The average Bonchev–Trinajstić information content (AvgIpc) is 3.46. The Morgan fingerprint density at radius 1 is 1.19 bits per heavy atom. The summed E-state index contributed by atoms with van der Waals surface area (Å²) in [6.45, 7) is 2.14. The van der Waals surface area contributed by atoms with E-state index in [1.165, 1.54) is 10.9 Å². The minimum Gasteiger partial charge on any atom is -0.383 e. The lowest BCUT2D eigenvalue weighted by Gasteiger charge is -2.11. The number of aromatic nitrogens is 2. The number of hydrogen-bond donors (Lipinski definition) is 2. The van der Waals surface area contributed by atoms with Crippen molar-refractivity contribution in [3.8, 4) is 5.69 Å². The van der Waals surface area contributed by atoms with Crippen LogP contribution in [0.25, 0.3) is 5.69 Å². The Bertz CT molecular complexity index is 1170. The van der Waals surface area contributed by atoms with Gasteiger partial charge in [-0.1, -0.05) is 41.4 Å². The van der Waals surface area contributed by atoms with Crippen LogP contribution in [0.2, 0.25) is 10.0 Å². The van der Waals surface area contributed by atoms with Gasteiger partial charge in [0, 0.05) is 28.6 Å². The number of aryl methyl sites for hydroxylation is 1. The molecule has 1 fully saturated rings. The summed E-state index contributed by atoms with van der Waals surface area (Å²) in [6, 6.07) is 10.6. The maximum Gasteiger partial charge on any atom is 0.256 e. The zero-order chi connectivity index (χ0) is 22.1. The molecule has 0 unspecified atom stereocenters. The third-order valence-electron chi connectivity index (χ3n) is 5.44. The Morgan fingerprint density at radius 2 is 1.97 bits per heavy atom. The molecule has 1 amide bonds. The number of carbonyl (C=O) groups excluding carboxylic acids is 2.